The Bertz CT molecular complexity index is 940. The van der Waals surface area contributed by atoms with Gasteiger partial charge in [-0.3, -0.25) is 4.79 Å². The molecule has 2 N–H and O–H groups in total. The van der Waals surface area contributed by atoms with Crippen LogP contribution in [0.1, 0.15) is 49.2 Å². The van der Waals surface area contributed by atoms with E-state index < -0.39 is 10.0 Å². The molecular formula is C21H28N2O5S. The Labute approximate surface area is 172 Å². The molecule has 2 rings (SSSR count). The minimum Gasteiger partial charge on any atom is -0.497 e. The van der Waals surface area contributed by atoms with Crippen molar-refractivity contribution >= 4 is 15.9 Å². The predicted octanol–water partition coefficient (Wildman–Crippen LogP) is 3.27. The van der Waals surface area contributed by atoms with Gasteiger partial charge < -0.3 is 14.8 Å². The van der Waals surface area contributed by atoms with Crippen LogP contribution >= 0.6 is 0 Å². The van der Waals surface area contributed by atoms with Crippen LogP contribution in [0.5, 0.6) is 11.5 Å². The third-order valence-corrected chi connectivity index (χ3v) is 6.02. The van der Waals surface area contributed by atoms with Crippen molar-refractivity contribution in [1.29, 1.82) is 0 Å². The van der Waals surface area contributed by atoms with E-state index in [1.165, 1.54) is 19.2 Å². The van der Waals surface area contributed by atoms with E-state index in [0.29, 0.717) is 6.42 Å². The molecule has 0 radical (unpaired) electrons. The van der Waals surface area contributed by atoms with Gasteiger partial charge in [0.1, 0.15) is 16.4 Å². The van der Waals surface area contributed by atoms with Gasteiger partial charge in [-0.1, -0.05) is 19.1 Å². The lowest BCUT2D eigenvalue weighted by Gasteiger charge is -2.19. The monoisotopic (exact) mass is 420 g/mol. The van der Waals surface area contributed by atoms with Gasteiger partial charge in [0.15, 0.2) is 0 Å². The topological polar surface area (TPSA) is 93.7 Å². The number of benzene rings is 2. The number of carbonyl (C=O) groups excluding carboxylic acids is 1. The van der Waals surface area contributed by atoms with Gasteiger partial charge >= 0.3 is 0 Å². The highest BCUT2D eigenvalue weighted by molar-refractivity contribution is 7.89. The van der Waals surface area contributed by atoms with E-state index in [2.05, 4.69) is 10.0 Å². The minimum absolute atomic E-state index is 0.0705. The maximum absolute atomic E-state index is 12.8. The van der Waals surface area contributed by atoms with Crippen LogP contribution in [-0.4, -0.2) is 34.6 Å². The van der Waals surface area contributed by atoms with Gasteiger partial charge in [0.05, 0.1) is 20.3 Å². The van der Waals surface area contributed by atoms with E-state index in [1.807, 2.05) is 31.2 Å². The highest BCUT2D eigenvalue weighted by atomic mass is 32.2. The summed E-state index contributed by atoms with van der Waals surface area (Å²) in [4.78, 5) is 12.7. The largest absolute Gasteiger partial charge is 0.497 e. The molecule has 0 spiro atoms. The van der Waals surface area contributed by atoms with Crippen LogP contribution in [0.2, 0.25) is 0 Å². The van der Waals surface area contributed by atoms with E-state index in [4.69, 9.17) is 9.47 Å². The van der Waals surface area contributed by atoms with Gasteiger partial charge in [0.25, 0.3) is 5.91 Å². The molecular weight excluding hydrogens is 392 g/mol. The zero-order valence-electron chi connectivity index (χ0n) is 17.4. The predicted molar refractivity (Wildman–Crippen MR) is 112 cm³/mol. The summed E-state index contributed by atoms with van der Waals surface area (Å²) >= 11 is 0. The summed E-state index contributed by atoms with van der Waals surface area (Å²) in [6.45, 7) is 5.41. The number of carbonyl (C=O) groups is 1. The molecule has 1 amide bonds. The van der Waals surface area contributed by atoms with Crippen molar-refractivity contribution in [3.8, 4) is 11.5 Å². The van der Waals surface area contributed by atoms with Crippen molar-refractivity contribution in [2.24, 2.45) is 0 Å². The Balaban J connectivity index is 2.30. The molecule has 0 aliphatic rings. The lowest BCUT2D eigenvalue weighted by Crippen LogP contribution is -2.31. The van der Waals surface area contributed by atoms with Crippen LogP contribution in [0.15, 0.2) is 47.4 Å². The zero-order chi connectivity index (χ0) is 21.6. The van der Waals surface area contributed by atoms with Crippen molar-refractivity contribution in [2.75, 3.05) is 14.2 Å². The first kappa shape index (κ1) is 22.7. The second kappa shape index (κ2) is 9.76. The Morgan fingerprint density at radius 2 is 1.69 bits per heavy atom. The normalized spacial score (nSPS) is 12.5. The van der Waals surface area contributed by atoms with Gasteiger partial charge in [0.2, 0.25) is 10.0 Å². The number of sulfonamides is 1. The first-order valence-corrected chi connectivity index (χ1v) is 10.8. The number of hydrogen-bond donors (Lipinski definition) is 2. The molecule has 8 heteroatoms. The fourth-order valence-corrected chi connectivity index (χ4v) is 4.35. The lowest BCUT2D eigenvalue weighted by atomic mass is 10.0. The van der Waals surface area contributed by atoms with Crippen LogP contribution in [0.3, 0.4) is 0 Å². The molecule has 0 heterocycles. The van der Waals surface area contributed by atoms with Crippen LogP contribution in [0.25, 0.3) is 0 Å². The number of amides is 1. The number of rotatable bonds is 9. The van der Waals surface area contributed by atoms with Crippen LogP contribution < -0.4 is 19.5 Å². The molecule has 0 saturated heterocycles. The summed E-state index contributed by atoms with van der Waals surface area (Å²) in [7, 11) is -0.837. The summed E-state index contributed by atoms with van der Waals surface area (Å²) in [6.07, 6.45) is 0.675. The van der Waals surface area contributed by atoms with E-state index in [1.54, 1.807) is 27.0 Å². The Kier molecular flexibility index (Phi) is 7.64. The number of nitrogens with one attached hydrogen (secondary N) is 2. The van der Waals surface area contributed by atoms with E-state index in [-0.39, 0.29) is 34.2 Å². The fourth-order valence-electron chi connectivity index (χ4n) is 2.90. The molecule has 2 aromatic carbocycles. The quantitative estimate of drug-likeness (QED) is 0.649. The van der Waals surface area contributed by atoms with Crippen LogP contribution in [0.4, 0.5) is 0 Å². The van der Waals surface area contributed by atoms with Gasteiger partial charge in [-0.2, -0.15) is 0 Å². The average molecular weight is 421 g/mol. The maximum atomic E-state index is 12.8. The Hall–Kier alpha value is -2.58. The van der Waals surface area contributed by atoms with Gasteiger partial charge in [-0.25, -0.2) is 13.1 Å². The van der Waals surface area contributed by atoms with Gasteiger partial charge in [0, 0.05) is 11.6 Å². The molecule has 0 aliphatic heterocycles. The Morgan fingerprint density at radius 1 is 1.03 bits per heavy atom. The van der Waals surface area contributed by atoms with Crippen molar-refractivity contribution in [3.63, 3.8) is 0 Å². The average Bonchev–Trinajstić information content (AvgIpc) is 2.70. The number of ether oxygens (including phenoxy) is 2. The molecule has 0 saturated carbocycles. The number of methoxy groups -OCH3 is 2. The molecule has 0 aromatic heterocycles. The van der Waals surface area contributed by atoms with Crippen molar-refractivity contribution in [3.05, 3.63) is 53.6 Å². The molecule has 29 heavy (non-hydrogen) atoms. The van der Waals surface area contributed by atoms with E-state index in [9.17, 15) is 13.2 Å². The summed E-state index contributed by atoms with van der Waals surface area (Å²) in [5, 5.41) is 2.96. The Morgan fingerprint density at radius 3 is 2.21 bits per heavy atom. The fraction of sp³-hybridized carbons (Fsp3) is 0.381. The molecule has 0 fully saturated rings. The van der Waals surface area contributed by atoms with E-state index >= 15 is 0 Å². The van der Waals surface area contributed by atoms with Crippen molar-refractivity contribution < 1.29 is 22.7 Å². The molecule has 1 atom stereocenters. The maximum Gasteiger partial charge on any atom is 0.251 e. The first-order valence-electron chi connectivity index (χ1n) is 9.37. The summed E-state index contributed by atoms with van der Waals surface area (Å²) in [5.41, 5.74) is 1.17. The summed E-state index contributed by atoms with van der Waals surface area (Å²) in [6, 6.07) is 11.3. The standard InChI is InChI=1S/C21H28N2O5S/c1-6-18(15-7-10-17(27-4)11-8-15)22-21(24)16-9-12-19(28-5)20(13-16)29(25,26)23-14(2)3/h7-14,18,23H,6H2,1-5H3,(H,22,24). The second-order valence-electron chi connectivity index (χ2n) is 6.85. The summed E-state index contributed by atoms with van der Waals surface area (Å²) in [5.74, 6) is 0.547. The van der Waals surface area contributed by atoms with Gasteiger partial charge in [-0.15, -0.1) is 0 Å². The lowest BCUT2D eigenvalue weighted by molar-refractivity contribution is 0.0935. The molecule has 7 nitrogen and oxygen atoms in total. The second-order valence-corrected chi connectivity index (χ2v) is 8.53. The van der Waals surface area contributed by atoms with Crippen molar-refractivity contribution in [1.82, 2.24) is 10.0 Å². The SMILES string of the molecule is CCC(NC(=O)c1ccc(OC)c(S(=O)(=O)NC(C)C)c1)c1ccc(OC)cc1. The smallest absolute Gasteiger partial charge is 0.251 e. The van der Waals surface area contributed by atoms with Crippen molar-refractivity contribution in [2.45, 2.75) is 44.2 Å². The third-order valence-electron chi connectivity index (χ3n) is 4.34. The van der Waals surface area contributed by atoms with Crippen LogP contribution in [0, 0.1) is 0 Å². The van der Waals surface area contributed by atoms with Gasteiger partial charge in [-0.05, 0) is 56.2 Å². The first-order chi connectivity index (χ1) is 13.7. The van der Waals surface area contributed by atoms with Crippen LogP contribution in [-0.2, 0) is 10.0 Å². The molecule has 0 bridgehead atoms. The zero-order valence-corrected chi connectivity index (χ0v) is 18.2. The molecule has 158 valence electrons. The molecule has 1 unspecified atom stereocenters. The molecule has 2 aromatic rings. The minimum atomic E-state index is -3.82. The highest BCUT2D eigenvalue weighted by Gasteiger charge is 2.23. The molecule has 0 aliphatic carbocycles. The highest BCUT2D eigenvalue weighted by Crippen LogP contribution is 2.26. The van der Waals surface area contributed by atoms with E-state index in [0.717, 1.165) is 11.3 Å². The number of hydrogen-bond acceptors (Lipinski definition) is 5. The summed E-state index contributed by atoms with van der Waals surface area (Å²) < 4.78 is 38.1. The third kappa shape index (κ3) is 5.71.